The number of rotatable bonds is 1. The van der Waals surface area contributed by atoms with Gasteiger partial charge in [-0.05, 0) is 36.4 Å². The fourth-order valence-electron chi connectivity index (χ4n) is 2.12. The van der Waals surface area contributed by atoms with E-state index in [1.807, 2.05) is 0 Å². The minimum Gasteiger partial charge on any atom is -0.398 e. The highest BCUT2D eigenvalue weighted by atomic mass is 19.4. The lowest BCUT2D eigenvalue weighted by Gasteiger charge is -2.10. The van der Waals surface area contributed by atoms with Gasteiger partial charge >= 0.3 is 6.18 Å². The summed E-state index contributed by atoms with van der Waals surface area (Å²) in [4.78, 5) is 8.09. The number of aromatic nitrogens is 2. The Bertz CT molecular complexity index is 859. The molecule has 0 amide bonds. The van der Waals surface area contributed by atoms with Gasteiger partial charge < -0.3 is 5.73 Å². The Morgan fingerprint density at radius 3 is 2.55 bits per heavy atom. The molecule has 3 rings (SSSR count). The van der Waals surface area contributed by atoms with Gasteiger partial charge in [0.2, 0.25) is 0 Å². The maximum absolute atomic E-state index is 13.9. The van der Waals surface area contributed by atoms with Crippen LogP contribution in [0.15, 0.2) is 42.6 Å². The van der Waals surface area contributed by atoms with E-state index in [9.17, 15) is 17.6 Å². The molecule has 0 spiro atoms. The molecule has 0 aliphatic carbocycles. The van der Waals surface area contributed by atoms with Gasteiger partial charge in [-0.25, -0.2) is 14.4 Å². The highest BCUT2D eigenvalue weighted by molar-refractivity contribution is 5.90. The SMILES string of the molecule is Nc1cc(-c2cc(C(F)(F)F)ccc2F)nc2ncccc12. The highest BCUT2D eigenvalue weighted by Gasteiger charge is 2.31. The Balaban J connectivity index is 2.23. The van der Waals surface area contributed by atoms with Gasteiger partial charge in [-0.2, -0.15) is 13.2 Å². The van der Waals surface area contributed by atoms with Crippen molar-refractivity contribution in [3.63, 3.8) is 0 Å². The summed E-state index contributed by atoms with van der Waals surface area (Å²) < 4.78 is 52.2. The van der Waals surface area contributed by atoms with Crippen LogP contribution in [0.25, 0.3) is 22.3 Å². The number of halogens is 4. The Morgan fingerprint density at radius 2 is 1.82 bits per heavy atom. The van der Waals surface area contributed by atoms with Crippen LogP contribution < -0.4 is 5.73 Å². The molecule has 0 radical (unpaired) electrons. The second-order valence-electron chi connectivity index (χ2n) is 4.66. The van der Waals surface area contributed by atoms with Crippen molar-refractivity contribution in [3.8, 4) is 11.3 Å². The second-order valence-corrected chi connectivity index (χ2v) is 4.66. The molecular formula is C15H9F4N3. The molecule has 22 heavy (non-hydrogen) atoms. The first-order chi connectivity index (χ1) is 10.4. The minimum atomic E-state index is -4.57. The zero-order chi connectivity index (χ0) is 15.9. The molecule has 3 nitrogen and oxygen atoms in total. The predicted octanol–water partition coefficient (Wildman–Crippen LogP) is 4.04. The summed E-state index contributed by atoms with van der Waals surface area (Å²) >= 11 is 0. The molecule has 0 aliphatic rings. The number of anilines is 1. The van der Waals surface area contributed by atoms with Crippen LogP contribution in [0.2, 0.25) is 0 Å². The Kier molecular flexibility index (Phi) is 3.20. The molecule has 1 aromatic carbocycles. The van der Waals surface area contributed by atoms with Crippen molar-refractivity contribution in [3.05, 3.63) is 54.0 Å². The monoisotopic (exact) mass is 307 g/mol. The zero-order valence-corrected chi connectivity index (χ0v) is 11.0. The maximum Gasteiger partial charge on any atom is 0.416 e. The van der Waals surface area contributed by atoms with Crippen LogP contribution in [0.3, 0.4) is 0 Å². The van der Waals surface area contributed by atoms with Crippen molar-refractivity contribution in [2.45, 2.75) is 6.18 Å². The Hall–Kier alpha value is -2.70. The third-order valence-corrected chi connectivity index (χ3v) is 3.19. The first-order valence-electron chi connectivity index (χ1n) is 6.24. The first kappa shape index (κ1) is 14.2. The van der Waals surface area contributed by atoms with Crippen molar-refractivity contribution >= 4 is 16.7 Å². The minimum absolute atomic E-state index is 0.00676. The van der Waals surface area contributed by atoms with Gasteiger partial charge in [0.15, 0.2) is 5.65 Å². The summed E-state index contributed by atoms with van der Waals surface area (Å²) in [7, 11) is 0. The number of alkyl halides is 3. The molecule has 0 saturated heterocycles. The van der Waals surface area contributed by atoms with E-state index in [-0.39, 0.29) is 22.6 Å². The van der Waals surface area contributed by atoms with Gasteiger partial charge in [-0.1, -0.05) is 0 Å². The number of pyridine rings is 2. The molecule has 0 atom stereocenters. The van der Waals surface area contributed by atoms with E-state index in [0.29, 0.717) is 17.5 Å². The lowest BCUT2D eigenvalue weighted by atomic mass is 10.1. The summed E-state index contributed by atoms with van der Waals surface area (Å²) in [5.41, 5.74) is 5.14. The molecule has 0 unspecified atom stereocenters. The number of hydrogen-bond acceptors (Lipinski definition) is 3. The molecule has 2 heterocycles. The van der Waals surface area contributed by atoms with Gasteiger partial charge in [-0.3, -0.25) is 0 Å². The van der Waals surface area contributed by atoms with Crippen LogP contribution in [-0.2, 0) is 6.18 Å². The lowest BCUT2D eigenvalue weighted by Crippen LogP contribution is -2.06. The van der Waals surface area contributed by atoms with E-state index < -0.39 is 17.6 Å². The Labute approximate surface area is 122 Å². The van der Waals surface area contributed by atoms with E-state index in [0.717, 1.165) is 6.07 Å². The van der Waals surface area contributed by atoms with Gasteiger partial charge in [0, 0.05) is 22.8 Å². The number of fused-ring (bicyclic) bond motifs is 1. The maximum atomic E-state index is 13.9. The number of nitrogen functional groups attached to an aromatic ring is 1. The fourth-order valence-corrected chi connectivity index (χ4v) is 2.12. The van der Waals surface area contributed by atoms with Crippen molar-refractivity contribution in [2.75, 3.05) is 5.73 Å². The van der Waals surface area contributed by atoms with Crippen LogP contribution in [0.4, 0.5) is 23.2 Å². The normalized spacial score (nSPS) is 11.8. The van der Waals surface area contributed by atoms with Crippen molar-refractivity contribution in [1.29, 1.82) is 0 Å². The van der Waals surface area contributed by atoms with Crippen molar-refractivity contribution in [1.82, 2.24) is 9.97 Å². The summed E-state index contributed by atoms with van der Waals surface area (Å²) in [6.45, 7) is 0. The van der Waals surface area contributed by atoms with E-state index in [1.165, 1.54) is 12.3 Å². The van der Waals surface area contributed by atoms with Crippen LogP contribution >= 0.6 is 0 Å². The number of nitrogens with zero attached hydrogens (tertiary/aromatic N) is 2. The molecule has 0 saturated carbocycles. The van der Waals surface area contributed by atoms with Gasteiger partial charge in [-0.15, -0.1) is 0 Å². The zero-order valence-electron chi connectivity index (χ0n) is 11.0. The van der Waals surface area contributed by atoms with Crippen LogP contribution in [0.1, 0.15) is 5.56 Å². The van der Waals surface area contributed by atoms with Crippen LogP contribution in [0.5, 0.6) is 0 Å². The third-order valence-electron chi connectivity index (χ3n) is 3.19. The highest BCUT2D eigenvalue weighted by Crippen LogP contribution is 2.34. The van der Waals surface area contributed by atoms with Crippen LogP contribution in [-0.4, -0.2) is 9.97 Å². The summed E-state index contributed by atoms with van der Waals surface area (Å²) in [6, 6.07) is 6.83. The van der Waals surface area contributed by atoms with Gasteiger partial charge in [0.1, 0.15) is 5.82 Å². The third kappa shape index (κ3) is 2.45. The van der Waals surface area contributed by atoms with E-state index in [1.54, 1.807) is 12.1 Å². The molecule has 0 fully saturated rings. The molecule has 2 N–H and O–H groups in total. The average molecular weight is 307 g/mol. The standard InChI is InChI=1S/C15H9F4N3/c16-11-4-3-8(15(17,18)19)6-10(11)13-7-12(20)9-2-1-5-21-14(9)22-13/h1-7H,(H2,20,21,22). The smallest absolute Gasteiger partial charge is 0.398 e. The van der Waals surface area contributed by atoms with Gasteiger partial charge in [0.25, 0.3) is 0 Å². The Morgan fingerprint density at radius 1 is 1.05 bits per heavy atom. The van der Waals surface area contributed by atoms with Crippen molar-refractivity contribution in [2.24, 2.45) is 0 Å². The molecule has 112 valence electrons. The first-order valence-corrected chi connectivity index (χ1v) is 6.24. The molecule has 2 aromatic heterocycles. The predicted molar refractivity (Wildman–Crippen MR) is 74.3 cm³/mol. The molecular weight excluding hydrogens is 298 g/mol. The number of benzene rings is 1. The second kappa shape index (κ2) is 4.94. The van der Waals surface area contributed by atoms with Crippen molar-refractivity contribution < 1.29 is 17.6 Å². The number of hydrogen-bond donors (Lipinski definition) is 1. The summed E-state index contributed by atoms with van der Waals surface area (Å²) in [5, 5.41) is 0.554. The molecule has 7 heteroatoms. The fraction of sp³-hybridized carbons (Fsp3) is 0.0667. The van der Waals surface area contributed by atoms with Crippen LogP contribution in [0, 0.1) is 5.82 Å². The molecule has 0 aliphatic heterocycles. The van der Waals surface area contributed by atoms with E-state index in [2.05, 4.69) is 9.97 Å². The topological polar surface area (TPSA) is 51.8 Å². The van der Waals surface area contributed by atoms with E-state index in [4.69, 9.17) is 5.73 Å². The summed E-state index contributed by atoms with van der Waals surface area (Å²) in [6.07, 6.45) is -3.09. The average Bonchev–Trinajstić information content (AvgIpc) is 2.46. The lowest BCUT2D eigenvalue weighted by molar-refractivity contribution is -0.137. The number of nitrogens with two attached hydrogens (primary N) is 1. The largest absolute Gasteiger partial charge is 0.416 e. The molecule has 0 bridgehead atoms. The van der Waals surface area contributed by atoms with E-state index >= 15 is 0 Å². The molecule has 3 aromatic rings. The van der Waals surface area contributed by atoms with Gasteiger partial charge in [0.05, 0.1) is 11.3 Å². The summed E-state index contributed by atoms with van der Waals surface area (Å²) in [5.74, 6) is -0.810. The quantitative estimate of drug-likeness (QED) is 0.690.